The maximum absolute atomic E-state index is 11.6. The number of halogens is 2. The fraction of sp³-hybridized carbons (Fsp3) is 0.125. The molecule has 0 radical (unpaired) electrons. The van der Waals surface area contributed by atoms with Gasteiger partial charge in [-0.15, -0.1) is 0 Å². The molecule has 1 aromatic rings. The van der Waals surface area contributed by atoms with Crippen LogP contribution in [-0.4, -0.2) is 19.2 Å². The monoisotopic (exact) mass is 386 g/mol. The lowest BCUT2D eigenvalue weighted by Gasteiger charge is -2.09. The van der Waals surface area contributed by atoms with Gasteiger partial charge >= 0.3 is 0 Å². The lowest BCUT2D eigenvalue weighted by molar-refractivity contribution is 0.605. The zero-order valence-corrected chi connectivity index (χ0v) is 12.7. The molecule has 4 nitrogen and oxygen atoms in total. The van der Waals surface area contributed by atoms with Gasteiger partial charge in [-0.2, -0.15) is 0 Å². The molecule has 0 aliphatic rings. The Labute approximate surface area is 116 Å². The third kappa shape index (κ3) is 4.36. The minimum Gasteiger partial charge on any atom is -0.392 e. The van der Waals surface area contributed by atoms with Gasteiger partial charge in [0, 0.05) is 8.95 Å². The molecular weight excluding hydrogens is 380 g/mol. The highest BCUT2D eigenvalue weighted by Crippen LogP contribution is 2.26. The molecule has 0 heterocycles. The first-order valence-corrected chi connectivity index (χ1v) is 7.68. The fourth-order valence-corrected chi connectivity index (χ4v) is 3.22. The molecule has 16 heavy (non-hydrogen) atoms. The molecule has 1 rings (SSSR count). The summed E-state index contributed by atoms with van der Waals surface area (Å²) in [7, 11) is -3.54. The molecule has 0 unspecified atom stereocenters. The Morgan fingerprint density at radius 1 is 1.44 bits per heavy atom. The fourth-order valence-electron chi connectivity index (χ4n) is 0.967. The zero-order chi connectivity index (χ0) is 12.3. The minimum atomic E-state index is -3.54. The molecule has 0 atom stereocenters. The van der Waals surface area contributed by atoms with E-state index in [2.05, 4.69) is 48.8 Å². The Morgan fingerprint density at radius 3 is 2.62 bits per heavy atom. The van der Waals surface area contributed by atoms with Crippen LogP contribution in [0.2, 0.25) is 0 Å². The smallest absolute Gasteiger partial charge is 0.239 e. The Kier molecular flexibility index (Phi) is 4.72. The number of nitrogens with one attached hydrogen (secondary N) is 1. The zero-order valence-electron chi connectivity index (χ0n) is 7.91. The molecular formula is C8H8Br2N2O2S2. The quantitative estimate of drug-likeness (QED) is 0.777. The van der Waals surface area contributed by atoms with Gasteiger partial charge < -0.3 is 5.73 Å². The van der Waals surface area contributed by atoms with Gasteiger partial charge in [0.25, 0.3) is 0 Å². The standard InChI is InChI=1S/C8H8Br2N2O2S2/c9-5-1-2-6(10)7(3-5)12-16(13,14)4-8(11)15/h1-3,12H,4H2,(H2,11,15). The van der Waals surface area contributed by atoms with Crippen molar-refractivity contribution in [1.29, 1.82) is 0 Å². The van der Waals surface area contributed by atoms with E-state index in [0.29, 0.717) is 10.2 Å². The first-order chi connectivity index (χ1) is 7.30. The van der Waals surface area contributed by atoms with Crippen molar-refractivity contribution in [3.63, 3.8) is 0 Å². The van der Waals surface area contributed by atoms with Crippen LogP contribution in [0.15, 0.2) is 27.1 Å². The van der Waals surface area contributed by atoms with Crippen LogP contribution in [0.4, 0.5) is 5.69 Å². The second-order valence-corrected chi connectivity index (χ2v) is 6.97. The lowest BCUT2D eigenvalue weighted by atomic mass is 10.3. The van der Waals surface area contributed by atoms with E-state index >= 15 is 0 Å². The Bertz CT molecular complexity index is 517. The first kappa shape index (κ1) is 13.9. The Balaban J connectivity index is 2.96. The van der Waals surface area contributed by atoms with Crippen molar-refractivity contribution in [3.05, 3.63) is 27.1 Å². The summed E-state index contributed by atoms with van der Waals surface area (Å²) in [5, 5.41) is 0. The van der Waals surface area contributed by atoms with Crippen LogP contribution in [0.25, 0.3) is 0 Å². The predicted molar refractivity (Wildman–Crippen MR) is 76.0 cm³/mol. The van der Waals surface area contributed by atoms with E-state index in [0.717, 1.165) is 4.47 Å². The molecule has 0 fully saturated rings. The van der Waals surface area contributed by atoms with Gasteiger partial charge in [-0.3, -0.25) is 4.72 Å². The van der Waals surface area contributed by atoms with Crippen molar-refractivity contribution in [2.24, 2.45) is 5.73 Å². The van der Waals surface area contributed by atoms with Crippen molar-refractivity contribution in [2.45, 2.75) is 0 Å². The number of benzene rings is 1. The largest absolute Gasteiger partial charge is 0.392 e. The third-order valence-corrected chi connectivity index (χ3v) is 4.26. The normalized spacial score (nSPS) is 11.1. The van der Waals surface area contributed by atoms with Crippen molar-refractivity contribution in [3.8, 4) is 0 Å². The van der Waals surface area contributed by atoms with Gasteiger partial charge in [-0.25, -0.2) is 8.42 Å². The summed E-state index contributed by atoms with van der Waals surface area (Å²) in [6.45, 7) is 0. The summed E-state index contributed by atoms with van der Waals surface area (Å²) in [6.07, 6.45) is 0. The maximum Gasteiger partial charge on any atom is 0.239 e. The van der Waals surface area contributed by atoms with Crippen LogP contribution in [0, 0.1) is 0 Å². The molecule has 0 aliphatic heterocycles. The second-order valence-electron chi connectivity index (χ2n) is 2.95. The van der Waals surface area contributed by atoms with Gasteiger partial charge in [0.2, 0.25) is 10.0 Å². The molecule has 88 valence electrons. The summed E-state index contributed by atoms with van der Waals surface area (Å²) in [4.78, 5) is -0.0707. The van der Waals surface area contributed by atoms with Gasteiger partial charge in [-0.05, 0) is 34.1 Å². The SMILES string of the molecule is NC(=S)CS(=O)(=O)Nc1cc(Br)ccc1Br. The van der Waals surface area contributed by atoms with Crippen molar-refractivity contribution in [1.82, 2.24) is 0 Å². The predicted octanol–water partition coefficient (Wildman–Crippen LogP) is 2.24. The van der Waals surface area contributed by atoms with Crippen molar-refractivity contribution < 1.29 is 8.42 Å². The highest BCUT2D eigenvalue weighted by atomic mass is 79.9. The number of sulfonamides is 1. The third-order valence-electron chi connectivity index (χ3n) is 1.53. The molecule has 3 N–H and O–H groups in total. The molecule has 0 aliphatic carbocycles. The van der Waals surface area contributed by atoms with Crippen molar-refractivity contribution >= 4 is 64.8 Å². The van der Waals surface area contributed by atoms with Gasteiger partial charge in [0.1, 0.15) is 5.75 Å². The summed E-state index contributed by atoms with van der Waals surface area (Å²) < 4.78 is 26.9. The van der Waals surface area contributed by atoms with E-state index in [1.165, 1.54) is 0 Å². The molecule has 0 saturated heterocycles. The van der Waals surface area contributed by atoms with Crippen LogP contribution in [0.3, 0.4) is 0 Å². The van der Waals surface area contributed by atoms with Crippen LogP contribution in [0.5, 0.6) is 0 Å². The van der Waals surface area contributed by atoms with Crippen molar-refractivity contribution in [2.75, 3.05) is 10.5 Å². The van der Waals surface area contributed by atoms with E-state index in [1.54, 1.807) is 18.2 Å². The van der Waals surface area contributed by atoms with Gasteiger partial charge in [-0.1, -0.05) is 28.1 Å². The number of hydrogen-bond acceptors (Lipinski definition) is 3. The van der Waals surface area contributed by atoms with Gasteiger partial charge in [0.15, 0.2) is 0 Å². The van der Waals surface area contributed by atoms with E-state index in [-0.39, 0.29) is 10.7 Å². The Morgan fingerprint density at radius 2 is 2.06 bits per heavy atom. The molecule has 0 saturated carbocycles. The summed E-state index contributed by atoms with van der Waals surface area (Å²) >= 11 is 11.0. The first-order valence-electron chi connectivity index (χ1n) is 4.04. The maximum atomic E-state index is 11.6. The van der Waals surface area contributed by atoms with E-state index in [4.69, 9.17) is 5.73 Å². The van der Waals surface area contributed by atoms with Crippen LogP contribution >= 0.6 is 44.1 Å². The highest BCUT2D eigenvalue weighted by molar-refractivity contribution is 9.11. The molecule has 8 heteroatoms. The average Bonchev–Trinajstić information content (AvgIpc) is 2.08. The number of rotatable bonds is 4. The topological polar surface area (TPSA) is 72.2 Å². The molecule has 0 bridgehead atoms. The van der Waals surface area contributed by atoms with E-state index < -0.39 is 10.0 Å². The number of nitrogens with two attached hydrogens (primary N) is 1. The van der Waals surface area contributed by atoms with Crippen LogP contribution in [-0.2, 0) is 10.0 Å². The van der Waals surface area contributed by atoms with E-state index in [1.807, 2.05) is 0 Å². The summed E-state index contributed by atoms with van der Waals surface area (Å²) in [5.41, 5.74) is 5.63. The number of hydrogen-bond donors (Lipinski definition) is 2. The average molecular weight is 388 g/mol. The number of thiocarbonyl (C=S) groups is 1. The van der Waals surface area contributed by atoms with Crippen LogP contribution in [0.1, 0.15) is 0 Å². The lowest BCUT2D eigenvalue weighted by Crippen LogP contribution is -2.26. The summed E-state index contributed by atoms with van der Waals surface area (Å²) in [6, 6.07) is 5.15. The number of anilines is 1. The highest BCUT2D eigenvalue weighted by Gasteiger charge is 2.13. The second kappa shape index (κ2) is 5.44. The molecule has 0 amide bonds. The van der Waals surface area contributed by atoms with Gasteiger partial charge in [0.05, 0.1) is 10.7 Å². The summed E-state index contributed by atoms with van der Waals surface area (Å²) in [5.74, 6) is -0.374. The van der Waals surface area contributed by atoms with Crippen LogP contribution < -0.4 is 10.5 Å². The molecule has 1 aromatic carbocycles. The molecule has 0 spiro atoms. The Hall–Kier alpha value is -0.180. The minimum absolute atomic E-state index is 0.0707. The molecule has 0 aromatic heterocycles. The van der Waals surface area contributed by atoms with E-state index in [9.17, 15) is 8.42 Å².